The molecule has 0 saturated carbocycles. The summed E-state index contributed by atoms with van der Waals surface area (Å²) in [6.45, 7) is 11.3. The van der Waals surface area contributed by atoms with Crippen LogP contribution in [0.3, 0.4) is 0 Å². The van der Waals surface area contributed by atoms with E-state index in [1.54, 1.807) is 5.57 Å². The van der Waals surface area contributed by atoms with Crippen LogP contribution >= 0.6 is 0 Å². The van der Waals surface area contributed by atoms with E-state index in [-0.39, 0.29) is 5.41 Å². The lowest BCUT2D eigenvalue weighted by Gasteiger charge is -2.24. The smallest absolute Gasteiger partial charge is 0.0716 e. The molecule has 1 heteroatoms. The second-order valence-electron chi connectivity index (χ2n) is 14.8. The maximum atomic E-state index is 5.31. The third-order valence-electron chi connectivity index (χ3n) is 10.9. The molecule has 0 atom stereocenters. The van der Waals surface area contributed by atoms with E-state index in [2.05, 4.69) is 149 Å². The summed E-state index contributed by atoms with van der Waals surface area (Å²) < 4.78 is 0. The first kappa shape index (κ1) is 33.7. The molecular weight excluding hydrogens is 603 g/mol. The Morgan fingerprint density at radius 3 is 2.50 bits per heavy atom. The number of benzene rings is 3. The van der Waals surface area contributed by atoms with Gasteiger partial charge in [-0.2, -0.15) is 0 Å². The lowest BCUT2D eigenvalue weighted by Crippen LogP contribution is -2.16. The van der Waals surface area contributed by atoms with Gasteiger partial charge in [-0.1, -0.05) is 142 Å². The van der Waals surface area contributed by atoms with E-state index in [0.717, 1.165) is 30.5 Å². The molecule has 0 spiro atoms. The van der Waals surface area contributed by atoms with E-state index < -0.39 is 0 Å². The molecule has 3 aromatic carbocycles. The molecule has 4 aromatic rings. The number of hydrogen-bond donors (Lipinski definition) is 0. The van der Waals surface area contributed by atoms with E-state index in [9.17, 15) is 0 Å². The zero-order valence-electron chi connectivity index (χ0n) is 30.3. The Hall–Kier alpha value is -4.75. The van der Waals surface area contributed by atoms with Crippen molar-refractivity contribution in [2.75, 3.05) is 0 Å². The lowest BCUT2D eigenvalue weighted by molar-refractivity contribution is 0.632. The molecule has 7 rings (SSSR count). The number of fused-ring (bicyclic) bond motifs is 3. The first-order valence-electron chi connectivity index (χ1n) is 18.8. The van der Waals surface area contributed by atoms with Crippen molar-refractivity contribution >= 4 is 22.0 Å². The lowest BCUT2D eigenvalue weighted by atomic mass is 9.79. The fourth-order valence-corrected chi connectivity index (χ4v) is 8.19. The quantitative estimate of drug-likeness (QED) is 0.110. The highest BCUT2D eigenvalue weighted by atomic mass is 14.7. The Bertz CT molecular complexity index is 2090. The molecule has 3 aliphatic carbocycles. The number of aromatic nitrogens is 1. The molecule has 1 heterocycles. The zero-order valence-corrected chi connectivity index (χ0v) is 30.3. The number of allylic oxidation sites excluding steroid dienone is 13. The molecule has 252 valence electrons. The predicted octanol–water partition coefficient (Wildman–Crippen LogP) is 14.1. The minimum absolute atomic E-state index is 0.00427. The van der Waals surface area contributed by atoms with Crippen LogP contribution in [0.25, 0.3) is 44.4 Å². The van der Waals surface area contributed by atoms with E-state index in [0.29, 0.717) is 0 Å². The van der Waals surface area contributed by atoms with Gasteiger partial charge in [0.25, 0.3) is 0 Å². The van der Waals surface area contributed by atoms with Crippen LogP contribution in [-0.2, 0) is 5.41 Å². The highest BCUT2D eigenvalue weighted by Crippen LogP contribution is 2.50. The predicted molar refractivity (Wildman–Crippen MR) is 217 cm³/mol. The van der Waals surface area contributed by atoms with Crippen molar-refractivity contribution in [1.29, 1.82) is 0 Å². The summed E-state index contributed by atoms with van der Waals surface area (Å²) in [5, 5.41) is 1.17. The van der Waals surface area contributed by atoms with Crippen LogP contribution in [0.5, 0.6) is 0 Å². The minimum atomic E-state index is -0.00427. The Morgan fingerprint density at radius 1 is 0.840 bits per heavy atom. The maximum Gasteiger partial charge on any atom is 0.0716 e. The van der Waals surface area contributed by atoms with Crippen molar-refractivity contribution in [3.05, 3.63) is 161 Å². The molecule has 0 radical (unpaired) electrons. The van der Waals surface area contributed by atoms with Gasteiger partial charge in [0.05, 0.1) is 11.2 Å². The topological polar surface area (TPSA) is 12.9 Å². The highest BCUT2D eigenvalue weighted by Gasteiger charge is 2.37. The molecule has 0 N–H and O–H groups in total. The van der Waals surface area contributed by atoms with Crippen LogP contribution in [0, 0.1) is 0 Å². The molecule has 1 aromatic heterocycles. The largest absolute Gasteiger partial charge is 0.248 e. The molecule has 0 amide bonds. The average Bonchev–Trinajstić information content (AvgIpc) is 3.38. The molecule has 50 heavy (non-hydrogen) atoms. The number of nitrogens with zero attached hydrogens (tertiary/aromatic N) is 1. The number of hydrogen-bond acceptors (Lipinski definition) is 1. The summed E-state index contributed by atoms with van der Waals surface area (Å²) in [6, 6.07) is 26.9. The molecular formula is C49H51N. The Labute approximate surface area is 300 Å². The number of unbranched alkanes of at least 4 members (excludes halogenated alkanes) is 3. The number of rotatable bonds is 12. The third kappa shape index (κ3) is 7.10. The van der Waals surface area contributed by atoms with Crippen molar-refractivity contribution in [1.82, 2.24) is 4.98 Å². The van der Waals surface area contributed by atoms with Crippen LogP contribution in [0.4, 0.5) is 0 Å². The van der Waals surface area contributed by atoms with Gasteiger partial charge in [0.1, 0.15) is 0 Å². The van der Waals surface area contributed by atoms with Crippen molar-refractivity contribution in [3.63, 3.8) is 0 Å². The Kier molecular flexibility index (Phi) is 10.1. The van der Waals surface area contributed by atoms with Crippen LogP contribution < -0.4 is 0 Å². The molecule has 0 unspecified atom stereocenters. The maximum absolute atomic E-state index is 5.31. The van der Waals surface area contributed by atoms with E-state index >= 15 is 0 Å². The van der Waals surface area contributed by atoms with Gasteiger partial charge in [-0.3, -0.25) is 0 Å². The highest BCUT2D eigenvalue weighted by molar-refractivity contribution is 5.99. The second-order valence-corrected chi connectivity index (χ2v) is 14.8. The third-order valence-corrected chi connectivity index (χ3v) is 10.9. The van der Waals surface area contributed by atoms with Crippen molar-refractivity contribution in [3.8, 4) is 22.4 Å². The van der Waals surface area contributed by atoms with Gasteiger partial charge in [0, 0.05) is 16.4 Å². The normalized spacial score (nSPS) is 16.6. The van der Waals surface area contributed by atoms with Crippen LogP contribution in [0.15, 0.2) is 145 Å². The van der Waals surface area contributed by atoms with Crippen LogP contribution in [0.1, 0.15) is 102 Å². The van der Waals surface area contributed by atoms with Gasteiger partial charge < -0.3 is 0 Å². The SMILES string of the molecule is C=C(/C=C(\C=C/C)c1ccc2nc(-c3ccc4c(c3)C(C)(C)C3=C4CCC=C3)cc(-c3ccccc3)c2c1)CCCCCCC1=CC=CCC1. The molecule has 1 nitrogen and oxygen atoms in total. The van der Waals surface area contributed by atoms with Gasteiger partial charge in [-0.05, 0) is 127 Å². The first-order chi connectivity index (χ1) is 24.4. The van der Waals surface area contributed by atoms with Crippen LogP contribution in [-0.4, -0.2) is 4.98 Å². The average molecular weight is 654 g/mol. The number of pyridine rings is 1. The Morgan fingerprint density at radius 2 is 1.68 bits per heavy atom. The molecule has 3 aliphatic rings. The molecule has 0 fully saturated rings. The summed E-state index contributed by atoms with van der Waals surface area (Å²) in [5.41, 5.74) is 16.7. The van der Waals surface area contributed by atoms with Gasteiger partial charge in [0.15, 0.2) is 0 Å². The van der Waals surface area contributed by atoms with Crippen molar-refractivity contribution < 1.29 is 0 Å². The molecule has 0 aliphatic heterocycles. The zero-order chi connectivity index (χ0) is 34.5. The van der Waals surface area contributed by atoms with Gasteiger partial charge in [0.2, 0.25) is 0 Å². The summed E-state index contributed by atoms with van der Waals surface area (Å²) in [6.07, 6.45) is 30.2. The van der Waals surface area contributed by atoms with Crippen LogP contribution in [0.2, 0.25) is 0 Å². The minimum Gasteiger partial charge on any atom is -0.248 e. The van der Waals surface area contributed by atoms with E-state index in [4.69, 9.17) is 4.98 Å². The van der Waals surface area contributed by atoms with Gasteiger partial charge in [-0.15, -0.1) is 0 Å². The van der Waals surface area contributed by atoms with Crippen molar-refractivity contribution in [2.24, 2.45) is 0 Å². The molecule has 0 saturated heterocycles. The summed E-state index contributed by atoms with van der Waals surface area (Å²) >= 11 is 0. The van der Waals surface area contributed by atoms with Crippen molar-refractivity contribution in [2.45, 2.75) is 90.4 Å². The van der Waals surface area contributed by atoms with E-state index in [1.165, 1.54) is 106 Å². The fraction of sp³-hybridized carbons (Fsp3) is 0.286. The van der Waals surface area contributed by atoms with Gasteiger partial charge in [-0.25, -0.2) is 4.98 Å². The van der Waals surface area contributed by atoms with E-state index in [1.807, 2.05) is 0 Å². The summed E-state index contributed by atoms with van der Waals surface area (Å²) in [4.78, 5) is 5.31. The second kappa shape index (κ2) is 15.0. The van der Waals surface area contributed by atoms with Gasteiger partial charge >= 0.3 is 0 Å². The summed E-state index contributed by atoms with van der Waals surface area (Å²) in [7, 11) is 0. The molecule has 0 bridgehead atoms. The first-order valence-corrected chi connectivity index (χ1v) is 18.8. The summed E-state index contributed by atoms with van der Waals surface area (Å²) in [5.74, 6) is 0. The Balaban J connectivity index is 1.15. The monoisotopic (exact) mass is 653 g/mol. The standard InChI is InChI=1S/C49H51N/c1-5-18-38(31-35(2)19-10-6-7-11-20-36-21-12-8-13-22-36)39-28-30-47-44(32-39)43(37-23-14-9-15-24-37)34-48(50-47)40-27-29-42-41-25-16-17-26-45(41)49(3,4)46(42)33-40/h5,8-9,12,14-15,17-18,21,23-24,26-34H,2,6-7,10-11,13,16,19-20,22,25H2,1,3-4H3/b18-5-,38-31+. The fourth-order valence-electron chi connectivity index (χ4n) is 8.19.